The zero-order valence-electron chi connectivity index (χ0n) is 8.96. The van der Waals surface area contributed by atoms with Crippen LogP contribution in [0.1, 0.15) is 18.4 Å². The summed E-state index contributed by atoms with van der Waals surface area (Å²) in [6.45, 7) is 0. The molecule has 0 amide bonds. The van der Waals surface area contributed by atoms with Crippen LogP contribution >= 0.6 is 0 Å². The normalized spacial score (nSPS) is 22.4. The standard InChI is InChI=1S/C10H11N5O2/c11-4-6-1-9(15(16)17)10(13-5-6)14-8-2-7(12)3-8/h1,5,7-8H,2-3,12H2,(H,13,14). The number of pyridine rings is 1. The lowest BCUT2D eigenvalue weighted by molar-refractivity contribution is -0.384. The molecule has 7 heteroatoms. The van der Waals surface area contributed by atoms with Crippen LogP contribution in [0.25, 0.3) is 0 Å². The number of rotatable bonds is 3. The molecular formula is C10H11N5O2. The van der Waals surface area contributed by atoms with E-state index in [0.717, 1.165) is 12.8 Å². The summed E-state index contributed by atoms with van der Waals surface area (Å²) < 4.78 is 0. The molecule has 88 valence electrons. The minimum absolute atomic E-state index is 0.129. The lowest BCUT2D eigenvalue weighted by Crippen LogP contribution is -2.44. The maximum atomic E-state index is 10.8. The average molecular weight is 233 g/mol. The lowest BCUT2D eigenvalue weighted by atomic mass is 9.87. The van der Waals surface area contributed by atoms with E-state index in [1.54, 1.807) is 0 Å². The molecule has 7 nitrogen and oxygen atoms in total. The first kappa shape index (κ1) is 11.3. The third kappa shape index (κ3) is 2.32. The first-order chi connectivity index (χ1) is 8.10. The first-order valence-electron chi connectivity index (χ1n) is 5.17. The monoisotopic (exact) mass is 233 g/mol. The summed E-state index contributed by atoms with van der Waals surface area (Å²) in [4.78, 5) is 14.2. The highest BCUT2D eigenvalue weighted by Crippen LogP contribution is 2.27. The van der Waals surface area contributed by atoms with Crippen LogP contribution in [-0.2, 0) is 0 Å². The number of nitrogens with zero attached hydrogens (tertiary/aromatic N) is 3. The van der Waals surface area contributed by atoms with Crippen LogP contribution in [0.3, 0.4) is 0 Å². The highest BCUT2D eigenvalue weighted by molar-refractivity contribution is 5.58. The van der Waals surface area contributed by atoms with Crippen LogP contribution < -0.4 is 11.1 Å². The summed E-state index contributed by atoms with van der Waals surface area (Å²) in [5, 5.41) is 22.5. The van der Waals surface area contributed by atoms with Crippen molar-refractivity contribution in [2.45, 2.75) is 24.9 Å². The van der Waals surface area contributed by atoms with Gasteiger partial charge < -0.3 is 11.1 Å². The SMILES string of the molecule is N#Cc1cnc(NC2CC(N)C2)c([N+](=O)[O-])c1. The number of nitrogens with one attached hydrogen (secondary N) is 1. The largest absolute Gasteiger partial charge is 0.361 e. The van der Waals surface area contributed by atoms with Crippen molar-refractivity contribution < 1.29 is 4.92 Å². The van der Waals surface area contributed by atoms with Crippen LogP contribution in [0, 0.1) is 21.4 Å². The Morgan fingerprint density at radius 2 is 2.35 bits per heavy atom. The van der Waals surface area contributed by atoms with E-state index in [-0.39, 0.29) is 29.2 Å². The molecule has 0 aliphatic heterocycles. The van der Waals surface area contributed by atoms with Crippen molar-refractivity contribution in [3.63, 3.8) is 0 Å². The molecule has 0 saturated heterocycles. The topological polar surface area (TPSA) is 118 Å². The van der Waals surface area contributed by atoms with Gasteiger partial charge in [0.05, 0.1) is 10.5 Å². The molecule has 1 aliphatic carbocycles. The Balaban J connectivity index is 2.21. The van der Waals surface area contributed by atoms with Crippen LogP contribution in [0.4, 0.5) is 11.5 Å². The molecule has 0 unspecified atom stereocenters. The number of hydrogen-bond donors (Lipinski definition) is 2. The van der Waals surface area contributed by atoms with E-state index < -0.39 is 4.92 Å². The third-order valence-corrected chi connectivity index (χ3v) is 2.71. The Morgan fingerprint density at radius 1 is 1.65 bits per heavy atom. The molecule has 0 bridgehead atoms. The van der Waals surface area contributed by atoms with Gasteiger partial charge in [-0.25, -0.2) is 4.98 Å². The minimum atomic E-state index is -0.547. The van der Waals surface area contributed by atoms with Crippen LogP contribution in [0.15, 0.2) is 12.3 Å². The van der Waals surface area contributed by atoms with Crippen LogP contribution in [0.2, 0.25) is 0 Å². The molecule has 1 aromatic rings. The summed E-state index contributed by atoms with van der Waals surface area (Å²) >= 11 is 0. The number of aromatic nitrogens is 1. The van der Waals surface area contributed by atoms with Gasteiger partial charge in [-0.15, -0.1) is 0 Å². The predicted molar refractivity (Wildman–Crippen MR) is 60.2 cm³/mol. The third-order valence-electron chi connectivity index (χ3n) is 2.71. The van der Waals surface area contributed by atoms with Crippen LogP contribution in [-0.4, -0.2) is 22.0 Å². The van der Waals surface area contributed by atoms with Gasteiger partial charge >= 0.3 is 5.69 Å². The zero-order valence-corrected chi connectivity index (χ0v) is 8.96. The zero-order chi connectivity index (χ0) is 12.4. The van der Waals surface area contributed by atoms with E-state index in [9.17, 15) is 10.1 Å². The second-order valence-corrected chi connectivity index (χ2v) is 4.03. The summed E-state index contributed by atoms with van der Waals surface area (Å²) in [7, 11) is 0. The molecule has 0 radical (unpaired) electrons. The smallest absolute Gasteiger partial charge is 0.312 e. The van der Waals surface area contributed by atoms with E-state index in [0.29, 0.717) is 0 Å². The Morgan fingerprint density at radius 3 is 2.88 bits per heavy atom. The van der Waals surface area contributed by atoms with Crippen molar-refractivity contribution in [2.24, 2.45) is 5.73 Å². The molecule has 0 spiro atoms. The van der Waals surface area contributed by atoms with Gasteiger partial charge in [0.2, 0.25) is 5.82 Å². The van der Waals surface area contributed by atoms with E-state index >= 15 is 0 Å². The Kier molecular flexibility index (Phi) is 2.89. The highest BCUT2D eigenvalue weighted by Gasteiger charge is 2.28. The van der Waals surface area contributed by atoms with Crippen molar-refractivity contribution in [3.8, 4) is 6.07 Å². The van der Waals surface area contributed by atoms with Gasteiger partial charge in [0.15, 0.2) is 0 Å². The molecule has 2 rings (SSSR count). The summed E-state index contributed by atoms with van der Waals surface area (Å²) in [5.41, 5.74) is 5.63. The summed E-state index contributed by atoms with van der Waals surface area (Å²) in [5.74, 6) is 0.200. The molecule has 17 heavy (non-hydrogen) atoms. The fraction of sp³-hybridized carbons (Fsp3) is 0.400. The summed E-state index contributed by atoms with van der Waals surface area (Å²) in [6, 6.07) is 3.33. The van der Waals surface area contributed by atoms with Gasteiger partial charge in [0, 0.05) is 24.3 Å². The number of hydrogen-bond acceptors (Lipinski definition) is 6. The Hall–Kier alpha value is -2.20. The second kappa shape index (κ2) is 4.35. The molecule has 0 atom stereocenters. The van der Waals surface area contributed by atoms with Crippen molar-refractivity contribution in [1.82, 2.24) is 4.98 Å². The molecule has 0 aromatic carbocycles. The minimum Gasteiger partial charge on any atom is -0.361 e. The quantitative estimate of drug-likeness (QED) is 0.587. The van der Waals surface area contributed by atoms with Gasteiger partial charge in [-0.05, 0) is 12.8 Å². The molecule has 1 aromatic heterocycles. The number of nitriles is 1. The fourth-order valence-electron chi connectivity index (χ4n) is 1.74. The van der Waals surface area contributed by atoms with Crippen molar-refractivity contribution >= 4 is 11.5 Å². The van der Waals surface area contributed by atoms with E-state index in [4.69, 9.17) is 11.0 Å². The van der Waals surface area contributed by atoms with Gasteiger partial charge in [0.1, 0.15) is 6.07 Å². The second-order valence-electron chi connectivity index (χ2n) is 4.03. The Labute approximate surface area is 97.4 Å². The lowest BCUT2D eigenvalue weighted by Gasteiger charge is -2.33. The van der Waals surface area contributed by atoms with Gasteiger partial charge in [-0.3, -0.25) is 10.1 Å². The molecule has 1 heterocycles. The predicted octanol–water partition coefficient (Wildman–Crippen LogP) is 0.763. The average Bonchev–Trinajstić information content (AvgIpc) is 2.27. The van der Waals surface area contributed by atoms with E-state index in [1.165, 1.54) is 12.3 Å². The molecular weight excluding hydrogens is 222 g/mol. The van der Waals surface area contributed by atoms with Gasteiger partial charge in [-0.2, -0.15) is 5.26 Å². The van der Waals surface area contributed by atoms with E-state index in [2.05, 4.69) is 10.3 Å². The highest BCUT2D eigenvalue weighted by atomic mass is 16.6. The first-order valence-corrected chi connectivity index (χ1v) is 5.17. The maximum Gasteiger partial charge on any atom is 0.312 e. The van der Waals surface area contributed by atoms with Gasteiger partial charge in [0.25, 0.3) is 0 Å². The molecule has 1 saturated carbocycles. The van der Waals surface area contributed by atoms with Crippen LogP contribution in [0.5, 0.6) is 0 Å². The molecule has 1 aliphatic rings. The van der Waals surface area contributed by atoms with E-state index in [1.807, 2.05) is 6.07 Å². The number of anilines is 1. The number of nitro groups is 1. The summed E-state index contributed by atoms with van der Waals surface area (Å²) in [6.07, 6.45) is 2.87. The van der Waals surface area contributed by atoms with Crippen molar-refractivity contribution in [2.75, 3.05) is 5.32 Å². The maximum absolute atomic E-state index is 10.8. The number of nitrogens with two attached hydrogens (primary N) is 1. The van der Waals surface area contributed by atoms with Gasteiger partial charge in [-0.1, -0.05) is 0 Å². The molecule has 3 N–H and O–H groups in total. The van der Waals surface area contributed by atoms with Crippen molar-refractivity contribution in [3.05, 3.63) is 27.9 Å². The van der Waals surface area contributed by atoms with Crippen molar-refractivity contribution in [1.29, 1.82) is 5.26 Å². The molecule has 1 fully saturated rings. The fourth-order valence-corrected chi connectivity index (χ4v) is 1.74. The Bertz CT molecular complexity index is 490.